The standard InChI is InChI=1S/C11H26N2O5/c1-15-6-7-17-5-3-13-11(14)10-18-9-8-16-4-2-12/h11,13-14H,2-10,12H2,1H3. The molecule has 7 heteroatoms. The van der Waals surface area contributed by atoms with Gasteiger partial charge in [0.1, 0.15) is 6.23 Å². The average Bonchev–Trinajstić information content (AvgIpc) is 2.38. The summed E-state index contributed by atoms with van der Waals surface area (Å²) in [6, 6.07) is 0. The second-order valence-corrected chi connectivity index (χ2v) is 3.55. The maximum Gasteiger partial charge on any atom is 0.128 e. The van der Waals surface area contributed by atoms with Crippen LogP contribution in [0.15, 0.2) is 0 Å². The normalized spacial score (nSPS) is 12.8. The minimum Gasteiger partial charge on any atom is -0.382 e. The smallest absolute Gasteiger partial charge is 0.128 e. The Morgan fingerprint density at radius 2 is 1.67 bits per heavy atom. The fourth-order valence-electron chi connectivity index (χ4n) is 1.10. The molecule has 0 radical (unpaired) electrons. The largest absolute Gasteiger partial charge is 0.382 e. The van der Waals surface area contributed by atoms with Gasteiger partial charge in [-0.15, -0.1) is 0 Å². The van der Waals surface area contributed by atoms with Gasteiger partial charge in [-0.1, -0.05) is 0 Å². The highest BCUT2D eigenvalue weighted by Gasteiger charge is 2.02. The zero-order valence-corrected chi connectivity index (χ0v) is 11.1. The Morgan fingerprint density at radius 1 is 1.00 bits per heavy atom. The van der Waals surface area contributed by atoms with Gasteiger partial charge >= 0.3 is 0 Å². The van der Waals surface area contributed by atoms with E-state index in [0.29, 0.717) is 52.7 Å². The zero-order valence-electron chi connectivity index (χ0n) is 11.1. The highest BCUT2D eigenvalue weighted by Crippen LogP contribution is 1.83. The zero-order chi connectivity index (χ0) is 13.5. The number of rotatable bonds is 14. The fourth-order valence-corrected chi connectivity index (χ4v) is 1.10. The lowest BCUT2D eigenvalue weighted by molar-refractivity contribution is -0.0101. The first-order chi connectivity index (χ1) is 8.81. The molecule has 0 aromatic heterocycles. The summed E-state index contributed by atoms with van der Waals surface area (Å²) < 4.78 is 20.4. The van der Waals surface area contributed by atoms with Crippen molar-refractivity contribution in [1.82, 2.24) is 5.32 Å². The molecule has 1 unspecified atom stereocenters. The Hall–Kier alpha value is -0.280. The first-order valence-corrected chi connectivity index (χ1v) is 6.15. The van der Waals surface area contributed by atoms with E-state index in [2.05, 4.69) is 5.32 Å². The second-order valence-electron chi connectivity index (χ2n) is 3.55. The number of hydrogen-bond donors (Lipinski definition) is 3. The number of hydrogen-bond acceptors (Lipinski definition) is 7. The summed E-state index contributed by atoms with van der Waals surface area (Å²) in [5.41, 5.74) is 5.25. The van der Waals surface area contributed by atoms with E-state index in [9.17, 15) is 5.11 Å². The van der Waals surface area contributed by atoms with Gasteiger partial charge in [-0.3, -0.25) is 5.32 Å². The van der Waals surface area contributed by atoms with Crippen molar-refractivity contribution in [3.8, 4) is 0 Å². The van der Waals surface area contributed by atoms with Gasteiger partial charge in [0.05, 0.1) is 46.2 Å². The third-order valence-corrected chi connectivity index (χ3v) is 1.97. The SMILES string of the molecule is COCCOCCNC(O)COCCOCCN. The van der Waals surface area contributed by atoms with Crippen molar-refractivity contribution in [2.24, 2.45) is 5.73 Å². The number of aliphatic hydroxyl groups excluding tert-OH is 1. The molecule has 1 atom stereocenters. The van der Waals surface area contributed by atoms with Crippen LogP contribution in [-0.2, 0) is 18.9 Å². The van der Waals surface area contributed by atoms with E-state index < -0.39 is 6.23 Å². The van der Waals surface area contributed by atoms with Gasteiger partial charge < -0.3 is 29.8 Å². The molecule has 0 aromatic rings. The minimum absolute atomic E-state index is 0.226. The predicted molar refractivity (Wildman–Crippen MR) is 67.4 cm³/mol. The van der Waals surface area contributed by atoms with Crippen molar-refractivity contribution in [3.63, 3.8) is 0 Å². The van der Waals surface area contributed by atoms with Gasteiger partial charge in [0.25, 0.3) is 0 Å². The molecule has 4 N–H and O–H groups in total. The van der Waals surface area contributed by atoms with Crippen LogP contribution < -0.4 is 11.1 Å². The van der Waals surface area contributed by atoms with Crippen LogP contribution in [0.2, 0.25) is 0 Å². The average molecular weight is 266 g/mol. The van der Waals surface area contributed by atoms with E-state index in [4.69, 9.17) is 24.7 Å². The summed E-state index contributed by atoms with van der Waals surface area (Å²) in [6.45, 7) is 4.43. The monoisotopic (exact) mass is 266 g/mol. The Kier molecular flexibility index (Phi) is 14.5. The maximum atomic E-state index is 9.48. The molecular weight excluding hydrogens is 240 g/mol. The summed E-state index contributed by atoms with van der Waals surface area (Å²) in [7, 11) is 1.62. The van der Waals surface area contributed by atoms with Crippen molar-refractivity contribution < 1.29 is 24.1 Å². The molecule has 18 heavy (non-hydrogen) atoms. The van der Waals surface area contributed by atoms with E-state index in [0.717, 1.165) is 0 Å². The summed E-state index contributed by atoms with van der Waals surface area (Å²) in [6.07, 6.45) is -0.689. The minimum atomic E-state index is -0.689. The van der Waals surface area contributed by atoms with Crippen LogP contribution in [0.1, 0.15) is 0 Å². The third-order valence-electron chi connectivity index (χ3n) is 1.97. The summed E-state index contributed by atoms with van der Waals surface area (Å²) in [5.74, 6) is 0. The van der Waals surface area contributed by atoms with Crippen LogP contribution in [0.4, 0.5) is 0 Å². The Morgan fingerprint density at radius 3 is 2.39 bits per heavy atom. The molecule has 0 fully saturated rings. The molecule has 0 aromatic carbocycles. The Bertz CT molecular complexity index is 146. The highest BCUT2D eigenvalue weighted by atomic mass is 16.5. The van der Waals surface area contributed by atoms with Crippen LogP contribution in [-0.4, -0.2) is 77.8 Å². The van der Waals surface area contributed by atoms with Gasteiger partial charge in [0.2, 0.25) is 0 Å². The van der Waals surface area contributed by atoms with Crippen molar-refractivity contribution in [2.45, 2.75) is 6.23 Å². The predicted octanol–water partition coefficient (Wildman–Crippen LogP) is -1.45. The molecule has 0 saturated carbocycles. The van der Waals surface area contributed by atoms with Crippen LogP contribution in [0.3, 0.4) is 0 Å². The maximum absolute atomic E-state index is 9.48. The van der Waals surface area contributed by atoms with Crippen molar-refractivity contribution in [1.29, 1.82) is 0 Å². The van der Waals surface area contributed by atoms with Crippen LogP contribution in [0.25, 0.3) is 0 Å². The first-order valence-electron chi connectivity index (χ1n) is 6.15. The van der Waals surface area contributed by atoms with Gasteiger partial charge in [0.15, 0.2) is 0 Å². The second kappa shape index (κ2) is 14.8. The number of nitrogens with two attached hydrogens (primary N) is 1. The molecule has 0 rings (SSSR count). The van der Waals surface area contributed by atoms with E-state index >= 15 is 0 Å². The Labute approximate surface area is 109 Å². The third kappa shape index (κ3) is 13.8. The molecule has 110 valence electrons. The molecule has 0 heterocycles. The number of nitrogens with one attached hydrogen (secondary N) is 1. The molecule has 0 spiro atoms. The highest BCUT2D eigenvalue weighted by molar-refractivity contribution is 4.51. The van der Waals surface area contributed by atoms with Crippen molar-refractivity contribution in [2.75, 3.05) is 66.4 Å². The van der Waals surface area contributed by atoms with Crippen LogP contribution in [0, 0.1) is 0 Å². The van der Waals surface area contributed by atoms with Crippen molar-refractivity contribution in [3.05, 3.63) is 0 Å². The van der Waals surface area contributed by atoms with E-state index in [1.807, 2.05) is 0 Å². The van der Waals surface area contributed by atoms with Gasteiger partial charge in [0, 0.05) is 20.2 Å². The van der Waals surface area contributed by atoms with Gasteiger partial charge in [-0.05, 0) is 0 Å². The lowest BCUT2D eigenvalue weighted by atomic mass is 10.5. The number of aliphatic hydroxyl groups is 1. The van der Waals surface area contributed by atoms with Crippen molar-refractivity contribution >= 4 is 0 Å². The number of methoxy groups -OCH3 is 1. The van der Waals surface area contributed by atoms with E-state index in [1.54, 1.807) is 7.11 Å². The first kappa shape index (κ1) is 17.7. The summed E-state index contributed by atoms with van der Waals surface area (Å²) in [5, 5.41) is 12.3. The molecule has 0 bridgehead atoms. The molecule has 0 aliphatic heterocycles. The van der Waals surface area contributed by atoms with Gasteiger partial charge in [-0.2, -0.15) is 0 Å². The van der Waals surface area contributed by atoms with E-state index in [-0.39, 0.29) is 6.61 Å². The molecule has 0 saturated heterocycles. The topological polar surface area (TPSA) is 95.2 Å². The fraction of sp³-hybridized carbons (Fsp3) is 1.00. The quantitative estimate of drug-likeness (QED) is 0.261. The number of ether oxygens (including phenoxy) is 4. The van der Waals surface area contributed by atoms with Crippen LogP contribution >= 0.6 is 0 Å². The van der Waals surface area contributed by atoms with Gasteiger partial charge in [-0.25, -0.2) is 0 Å². The summed E-state index contributed by atoms with van der Waals surface area (Å²) >= 11 is 0. The molecule has 0 aliphatic carbocycles. The summed E-state index contributed by atoms with van der Waals surface area (Å²) in [4.78, 5) is 0. The lowest BCUT2D eigenvalue weighted by Crippen LogP contribution is -2.36. The molecule has 7 nitrogen and oxygen atoms in total. The van der Waals surface area contributed by atoms with E-state index in [1.165, 1.54) is 0 Å². The molecule has 0 aliphatic rings. The lowest BCUT2D eigenvalue weighted by Gasteiger charge is -2.13. The Balaban J connectivity index is 3.10. The molecule has 0 amide bonds. The van der Waals surface area contributed by atoms with Crippen LogP contribution in [0.5, 0.6) is 0 Å². The molecular formula is C11H26N2O5.